The number of aryl methyl sites for hydroxylation is 3. The minimum absolute atomic E-state index is 0.184. The van der Waals surface area contributed by atoms with Crippen LogP contribution in [0.4, 0.5) is 5.82 Å². The van der Waals surface area contributed by atoms with E-state index in [1.54, 1.807) is 7.11 Å². The molecule has 0 spiro atoms. The van der Waals surface area contributed by atoms with E-state index in [9.17, 15) is 4.79 Å². The highest BCUT2D eigenvalue weighted by Crippen LogP contribution is 2.21. The molecule has 1 aliphatic rings. The molecular weight excluding hydrogens is 368 g/mol. The number of benzene rings is 1. The summed E-state index contributed by atoms with van der Waals surface area (Å²) in [5.74, 6) is 3.37. The Morgan fingerprint density at radius 3 is 2.62 bits per heavy atom. The van der Waals surface area contributed by atoms with Gasteiger partial charge in [0.15, 0.2) is 0 Å². The third kappa shape index (κ3) is 3.87. The molecule has 0 N–H and O–H groups in total. The average molecular weight is 394 g/mol. The molecule has 8 heteroatoms. The van der Waals surface area contributed by atoms with Gasteiger partial charge < -0.3 is 14.5 Å². The number of carbonyl (C=O) groups excluding carboxylic acids is 1. The lowest BCUT2D eigenvalue weighted by Crippen LogP contribution is -2.49. The number of amides is 1. The Labute approximate surface area is 170 Å². The summed E-state index contributed by atoms with van der Waals surface area (Å²) in [5.41, 5.74) is 2.13. The van der Waals surface area contributed by atoms with Gasteiger partial charge >= 0.3 is 0 Å². The number of carbonyl (C=O) groups is 1. The molecule has 1 aliphatic heterocycles. The number of fused-ring (bicyclic) bond motifs is 1. The molecule has 0 bridgehead atoms. The number of hydrogen-bond acceptors (Lipinski definition) is 6. The van der Waals surface area contributed by atoms with E-state index >= 15 is 0 Å². The van der Waals surface area contributed by atoms with Crippen molar-refractivity contribution >= 4 is 17.5 Å². The van der Waals surface area contributed by atoms with Gasteiger partial charge in [0.05, 0.1) is 7.11 Å². The molecule has 1 fully saturated rings. The van der Waals surface area contributed by atoms with Crippen molar-refractivity contribution in [3.05, 3.63) is 47.4 Å². The molecule has 3 heterocycles. The monoisotopic (exact) mass is 394 g/mol. The quantitative estimate of drug-likeness (QED) is 0.659. The molecule has 152 valence electrons. The standard InChI is InChI=1S/C21H26N6O2/c1-15-14-19(22-21-24-23-16(2)27(15)21)25-10-12-26(13-11-25)20(28)9-8-17-6-4-5-7-18(17)29-3/h4-7,14H,8-13H2,1-3H3. The predicted molar refractivity (Wildman–Crippen MR) is 110 cm³/mol. The Hall–Kier alpha value is -3.16. The van der Waals surface area contributed by atoms with Gasteiger partial charge in [0.2, 0.25) is 5.91 Å². The fraction of sp³-hybridized carbons (Fsp3) is 0.429. The predicted octanol–water partition coefficient (Wildman–Crippen LogP) is 2.03. The van der Waals surface area contributed by atoms with Gasteiger partial charge in [0.25, 0.3) is 5.78 Å². The van der Waals surface area contributed by atoms with Crippen molar-refractivity contribution in [2.24, 2.45) is 0 Å². The first kappa shape index (κ1) is 19.2. The van der Waals surface area contributed by atoms with Crippen molar-refractivity contribution in [1.82, 2.24) is 24.5 Å². The van der Waals surface area contributed by atoms with Crippen LogP contribution < -0.4 is 9.64 Å². The Bertz CT molecular complexity index is 1020. The van der Waals surface area contributed by atoms with E-state index in [-0.39, 0.29) is 5.91 Å². The first-order valence-corrected chi connectivity index (χ1v) is 9.91. The summed E-state index contributed by atoms with van der Waals surface area (Å²) in [7, 11) is 1.66. The number of aromatic nitrogens is 4. The largest absolute Gasteiger partial charge is 0.496 e. The van der Waals surface area contributed by atoms with Crippen molar-refractivity contribution in [3.63, 3.8) is 0 Å². The van der Waals surface area contributed by atoms with Gasteiger partial charge in [0.1, 0.15) is 17.4 Å². The van der Waals surface area contributed by atoms with Gasteiger partial charge in [-0.3, -0.25) is 9.20 Å². The van der Waals surface area contributed by atoms with Gasteiger partial charge in [-0.15, -0.1) is 10.2 Å². The zero-order valence-electron chi connectivity index (χ0n) is 17.1. The Morgan fingerprint density at radius 1 is 1.10 bits per heavy atom. The van der Waals surface area contributed by atoms with Crippen molar-refractivity contribution in [3.8, 4) is 5.75 Å². The molecule has 1 amide bonds. The summed E-state index contributed by atoms with van der Waals surface area (Å²) in [6.07, 6.45) is 1.18. The number of para-hydroxylation sites is 1. The van der Waals surface area contributed by atoms with E-state index in [1.807, 2.05) is 47.4 Å². The summed E-state index contributed by atoms with van der Waals surface area (Å²) >= 11 is 0. The smallest absolute Gasteiger partial charge is 0.257 e. The molecule has 0 atom stereocenters. The minimum Gasteiger partial charge on any atom is -0.496 e. The van der Waals surface area contributed by atoms with Gasteiger partial charge in [-0.25, -0.2) is 0 Å². The van der Waals surface area contributed by atoms with Crippen molar-refractivity contribution in [2.45, 2.75) is 26.7 Å². The van der Waals surface area contributed by atoms with Crippen LogP contribution in [-0.2, 0) is 11.2 Å². The van der Waals surface area contributed by atoms with Crippen molar-refractivity contribution in [1.29, 1.82) is 0 Å². The molecule has 29 heavy (non-hydrogen) atoms. The second-order valence-corrected chi connectivity index (χ2v) is 7.32. The first-order valence-electron chi connectivity index (χ1n) is 9.91. The molecular formula is C21H26N6O2. The Balaban J connectivity index is 1.36. The molecule has 0 saturated carbocycles. The highest BCUT2D eigenvalue weighted by atomic mass is 16.5. The van der Waals surface area contributed by atoms with E-state index in [0.717, 1.165) is 41.7 Å². The van der Waals surface area contributed by atoms with Crippen LogP contribution in [0.2, 0.25) is 0 Å². The summed E-state index contributed by atoms with van der Waals surface area (Å²) in [6, 6.07) is 9.92. The van der Waals surface area contributed by atoms with Crippen LogP contribution in [0.5, 0.6) is 5.75 Å². The molecule has 2 aromatic heterocycles. The summed E-state index contributed by atoms with van der Waals surface area (Å²) in [4.78, 5) is 21.5. The molecule has 0 radical (unpaired) electrons. The number of ether oxygens (including phenoxy) is 1. The van der Waals surface area contributed by atoms with Crippen LogP contribution in [0.1, 0.15) is 23.5 Å². The molecule has 0 unspecified atom stereocenters. The maximum absolute atomic E-state index is 12.7. The fourth-order valence-corrected chi connectivity index (χ4v) is 3.88. The number of nitrogens with zero attached hydrogens (tertiary/aromatic N) is 6. The second-order valence-electron chi connectivity index (χ2n) is 7.32. The summed E-state index contributed by atoms with van der Waals surface area (Å²) in [6.45, 7) is 6.87. The summed E-state index contributed by atoms with van der Waals surface area (Å²) < 4.78 is 7.32. The van der Waals surface area contributed by atoms with Crippen LogP contribution >= 0.6 is 0 Å². The van der Waals surface area contributed by atoms with Gasteiger partial charge in [-0.1, -0.05) is 18.2 Å². The summed E-state index contributed by atoms with van der Waals surface area (Å²) in [5, 5.41) is 8.25. The van der Waals surface area contributed by atoms with Crippen LogP contribution in [-0.4, -0.2) is 63.7 Å². The molecule has 1 saturated heterocycles. The molecule has 1 aromatic carbocycles. The lowest BCUT2D eigenvalue weighted by atomic mass is 10.1. The fourth-order valence-electron chi connectivity index (χ4n) is 3.88. The molecule has 3 aromatic rings. The maximum Gasteiger partial charge on any atom is 0.257 e. The molecule has 0 aliphatic carbocycles. The van der Waals surface area contributed by atoms with Crippen LogP contribution in [0.3, 0.4) is 0 Å². The maximum atomic E-state index is 12.7. The third-order valence-corrected chi connectivity index (χ3v) is 5.47. The third-order valence-electron chi connectivity index (χ3n) is 5.47. The van der Waals surface area contributed by atoms with Crippen LogP contribution in [0.15, 0.2) is 30.3 Å². The SMILES string of the molecule is COc1ccccc1CCC(=O)N1CCN(c2cc(C)n3c(C)nnc3n2)CC1. The number of methoxy groups -OCH3 is 1. The molecule has 8 nitrogen and oxygen atoms in total. The zero-order chi connectivity index (χ0) is 20.4. The minimum atomic E-state index is 0.184. The van der Waals surface area contributed by atoms with Crippen molar-refractivity contribution < 1.29 is 9.53 Å². The van der Waals surface area contributed by atoms with E-state index < -0.39 is 0 Å². The van der Waals surface area contributed by atoms with E-state index in [4.69, 9.17) is 4.74 Å². The zero-order valence-corrected chi connectivity index (χ0v) is 17.1. The Morgan fingerprint density at radius 2 is 1.86 bits per heavy atom. The number of piperazine rings is 1. The number of hydrogen-bond donors (Lipinski definition) is 0. The topological polar surface area (TPSA) is 75.9 Å². The highest BCUT2D eigenvalue weighted by Gasteiger charge is 2.23. The van der Waals surface area contributed by atoms with E-state index in [2.05, 4.69) is 26.1 Å². The lowest BCUT2D eigenvalue weighted by Gasteiger charge is -2.35. The number of rotatable bonds is 5. The lowest BCUT2D eigenvalue weighted by molar-refractivity contribution is -0.131. The van der Waals surface area contributed by atoms with Crippen molar-refractivity contribution in [2.75, 3.05) is 38.2 Å². The van der Waals surface area contributed by atoms with Gasteiger partial charge in [-0.2, -0.15) is 4.98 Å². The first-order chi connectivity index (χ1) is 14.1. The van der Waals surface area contributed by atoms with Crippen LogP contribution in [0, 0.1) is 13.8 Å². The second kappa shape index (κ2) is 8.06. The number of anilines is 1. The van der Waals surface area contributed by atoms with Crippen LogP contribution in [0.25, 0.3) is 5.78 Å². The van der Waals surface area contributed by atoms with E-state index in [0.29, 0.717) is 31.7 Å². The highest BCUT2D eigenvalue weighted by molar-refractivity contribution is 5.77. The molecule has 4 rings (SSSR count). The Kier molecular flexibility index (Phi) is 5.33. The van der Waals surface area contributed by atoms with Gasteiger partial charge in [-0.05, 0) is 31.9 Å². The average Bonchev–Trinajstić information content (AvgIpc) is 3.13. The van der Waals surface area contributed by atoms with Gasteiger partial charge in [0, 0.05) is 44.4 Å². The van der Waals surface area contributed by atoms with E-state index in [1.165, 1.54) is 0 Å². The normalized spacial score (nSPS) is 14.4.